The van der Waals surface area contributed by atoms with Gasteiger partial charge in [0.1, 0.15) is 5.82 Å². The fourth-order valence-electron chi connectivity index (χ4n) is 2.50. The fourth-order valence-corrected chi connectivity index (χ4v) is 2.50. The van der Waals surface area contributed by atoms with E-state index in [1.54, 1.807) is 12.1 Å². The van der Waals surface area contributed by atoms with Crippen LogP contribution in [0.5, 0.6) is 0 Å². The van der Waals surface area contributed by atoms with Crippen molar-refractivity contribution in [1.29, 1.82) is 5.26 Å². The van der Waals surface area contributed by atoms with Crippen molar-refractivity contribution in [2.24, 2.45) is 11.8 Å². The molecule has 0 amide bonds. The van der Waals surface area contributed by atoms with Gasteiger partial charge in [0.2, 0.25) is 0 Å². The Morgan fingerprint density at radius 2 is 2.32 bits per heavy atom. The number of carboxylic acids is 1. The summed E-state index contributed by atoms with van der Waals surface area (Å²) in [5, 5.41) is 17.7. The first-order chi connectivity index (χ1) is 9.01. The highest BCUT2D eigenvalue weighted by Gasteiger charge is 2.34. The maximum Gasteiger partial charge on any atom is 0.308 e. The van der Waals surface area contributed by atoms with Crippen LogP contribution >= 0.6 is 0 Å². The van der Waals surface area contributed by atoms with Crippen LogP contribution in [-0.4, -0.2) is 29.1 Å². The average Bonchev–Trinajstić information content (AvgIpc) is 2.73. The van der Waals surface area contributed by atoms with Gasteiger partial charge in [-0.05, 0) is 18.1 Å². The number of nitriles is 1. The van der Waals surface area contributed by atoms with Gasteiger partial charge < -0.3 is 5.11 Å². The molecule has 19 heavy (non-hydrogen) atoms. The van der Waals surface area contributed by atoms with E-state index in [0.717, 1.165) is 0 Å². The molecule has 100 valence electrons. The zero-order valence-electron chi connectivity index (χ0n) is 10.6. The molecule has 0 bridgehead atoms. The number of aliphatic carboxylic acids is 1. The molecule has 0 aromatic heterocycles. The molecule has 1 aromatic rings. The molecule has 2 atom stereocenters. The van der Waals surface area contributed by atoms with Gasteiger partial charge in [-0.25, -0.2) is 4.39 Å². The van der Waals surface area contributed by atoms with Crippen LogP contribution in [0, 0.1) is 29.0 Å². The van der Waals surface area contributed by atoms with Gasteiger partial charge in [0.25, 0.3) is 0 Å². The number of halogens is 1. The van der Waals surface area contributed by atoms with Gasteiger partial charge in [0.15, 0.2) is 0 Å². The Balaban J connectivity index is 2.07. The Hall–Kier alpha value is -1.93. The van der Waals surface area contributed by atoms with E-state index in [4.69, 9.17) is 10.4 Å². The van der Waals surface area contributed by atoms with Crippen molar-refractivity contribution in [3.63, 3.8) is 0 Å². The molecule has 4 nitrogen and oxygen atoms in total. The monoisotopic (exact) mass is 262 g/mol. The lowest BCUT2D eigenvalue weighted by molar-refractivity contribution is -0.142. The van der Waals surface area contributed by atoms with Crippen LogP contribution in [0.2, 0.25) is 0 Å². The normalized spacial score (nSPS) is 23.2. The van der Waals surface area contributed by atoms with Crippen LogP contribution in [0.1, 0.15) is 18.1 Å². The van der Waals surface area contributed by atoms with E-state index in [1.807, 2.05) is 17.9 Å². The number of rotatable bonds is 3. The molecule has 1 aliphatic rings. The molecule has 0 radical (unpaired) electrons. The largest absolute Gasteiger partial charge is 0.481 e. The Labute approximate surface area is 111 Å². The summed E-state index contributed by atoms with van der Waals surface area (Å²) < 4.78 is 13.7. The minimum absolute atomic E-state index is 0.0685. The Morgan fingerprint density at radius 3 is 2.84 bits per heavy atom. The van der Waals surface area contributed by atoms with E-state index in [-0.39, 0.29) is 11.8 Å². The molecule has 0 aliphatic carbocycles. The minimum Gasteiger partial charge on any atom is -0.481 e. The Kier molecular flexibility index (Phi) is 3.82. The molecule has 1 heterocycles. The molecule has 5 heteroatoms. The first-order valence-corrected chi connectivity index (χ1v) is 6.15. The molecule has 0 spiro atoms. The van der Waals surface area contributed by atoms with Crippen LogP contribution in [0.4, 0.5) is 4.39 Å². The third kappa shape index (κ3) is 2.91. The minimum atomic E-state index is -0.796. The molecule has 1 saturated heterocycles. The third-order valence-corrected chi connectivity index (χ3v) is 3.58. The zero-order valence-corrected chi connectivity index (χ0v) is 10.6. The third-order valence-electron chi connectivity index (χ3n) is 3.58. The first kappa shape index (κ1) is 13.5. The van der Waals surface area contributed by atoms with E-state index in [9.17, 15) is 9.18 Å². The number of carboxylic acid groups (broad SMARTS) is 1. The highest BCUT2D eigenvalue weighted by Crippen LogP contribution is 2.25. The van der Waals surface area contributed by atoms with Crippen molar-refractivity contribution in [3.05, 3.63) is 35.1 Å². The molecule has 2 rings (SSSR count). The standard InChI is InChI=1S/C14H15FN2O2/c1-9-6-17(8-12(9)14(18)19)7-11-3-2-10(5-16)4-13(11)15/h2-4,9,12H,6-8H2,1H3,(H,18,19)/t9-,12-/m1/s1. The van der Waals surface area contributed by atoms with Gasteiger partial charge in [0.05, 0.1) is 17.6 Å². The van der Waals surface area contributed by atoms with Crippen molar-refractivity contribution < 1.29 is 14.3 Å². The van der Waals surface area contributed by atoms with Crippen molar-refractivity contribution in [3.8, 4) is 6.07 Å². The van der Waals surface area contributed by atoms with Crippen LogP contribution in [0.25, 0.3) is 0 Å². The topological polar surface area (TPSA) is 64.3 Å². The SMILES string of the molecule is C[C@@H]1CN(Cc2ccc(C#N)cc2F)C[C@H]1C(=O)O. The van der Waals surface area contributed by atoms with E-state index in [1.165, 1.54) is 6.07 Å². The number of likely N-dealkylation sites (tertiary alicyclic amines) is 1. The first-order valence-electron chi connectivity index (χ1n) is 6.15. The summed E-state index contributed by atoms with van der Waals surface area (Å²) in [6.07, 6.45) is 0. The Bertz CT molecular complexity index is 539. The van der Waals surface area contributed by atoms with Crippen LogP contribution in [-0.2, 0) is 11.3 Å². The summed E-state index contributed by atoms with van der Waals surface area (Å²) in [7, 11) is 0. The molecule has 0 unspecified atom stereocenters. The lowest BCUT2D eigenvalue weighted by Gasteiger charge is -2.15. The summed E-state index contributed by atoms with van der Waals surface area (Å²) in [6, 6.07) is 6.26. The highest BCUT2D eigenvalue weighted by molar-refractivity contribution is 5.71. The van der Waals surface area contributed by atoms with Gasteiger partial charge in [-0.2, -0.15) is 5.26 Å². The van der Waals surface area contributed by atoms with Crippen molar-refractivity contribution in [2.45, 2.75) is 13.5 Å². The van der Waals surface area contributed by atoms with Crippen molar-refractivity contribution >= 4 is 5.97 Å². The summed E-state index contributed by atoms with van der Waals surface area (Å²) in [6.45, 7) is 3.37. The number of hydrogen-bond acceptors (Lipinski definition) is 3. The predicted octanol–water partition coefficient (Wildman–Crippen LogP) is 1.85. The molecule has 1 aliphatic heterocycles. The summed E-state index contributed by atoms with van der Waals surface area (Å²) in [5.74, 6) is -1.53. The fraction of sp³-hybridized carbons (Fsp3) is 0.429. The van der Waals surface area contributed by atoms with Crippen LogP contribution in [0.15, 0.2) is 18.2 Å². The van der Waals surface area contributed by atoms with Gasteiger partial charge in [-0.15, -0.1) is 0 Å². The second-order valence-electron chi connectivity index (χ2n) is 5.03. The molecule has 1 N–H and O–H groups in total. The zero-order chi connectivity index (χ0) is 14.0. The lowest BCUT2D eigenvalue weighted by atomic mass is 9.99. The lowest BCUT2D eigenvalue weighted by Crippen LogP contribution is -2.23. The van der Waals surface area contributed by atoms with Crippen molar-refractivity contribution in [1.82, 2.24) is 4.90 Å². The van der Waals surface area contributed by atoms with Crippen LogP contribution < -0.4 is 0 Å². The van der Waals surface area contributed by atoms with Gasteiger partial charge >= 0.3 is 5.97 Å². The Morgan fingerprint density at radius 1 is 1.58 bits per heavy atom. The summed E-state index contributed by atoms with van der Waals surface area (Å²) >= 11 is 0. The second-order valence-corrected chi connectivity index (χ2v) is 5.03. The number of carbonyl (C=O) groups is 1. The molecular weight excluding hydrogens is 247 g/mol. The van der Waals surface area contributed by atoms with E-state index >= 15 is 0 Å². The second kappa shape index (κ2) is 5.37. The van der Waals surface area contributed by atoms with Gasteiger partial charge in [0, 0.05) is 25.2 Å². The predicted molar refractivity (Wildman–Crippen MR) is 66.7 cm³/mol. The number of benzene rings is 1. The van der Waals surface area contributed by atoms with E-state index < -0.39 is 11.8 Å². The van der Waals surface area contributed by atoms with E-state index in [2.05, 4.69) is 0 Å². The van der Waals surface area contributed by atoms with Gasteiger partial charge in [-0.1, -0.05) is 13.0 Å². The maximum atomic E-state index is 13.7. The molecule has 1 fully saturated rings. The molecule has 1 aromatic carbocycles. The van der Waals surface area contributed by atoms with Crippen LogP contribution in [0.3, 0.4) is 0 Å². The maximum absolute atomic E-state index is 13.7. The molecular formula is C14H15FN2O2. The van der Waals surface area contributed by atoms with E-state index in [0.29, 0.717) is 30.8 Å². The molecule has 0 saturated carbocycles. The summed E-state index contributed by atoms with van der Waals surface area (Å²) in [5.41, 5.74) is 0.789. The quantitative estimate of drug-likeness (QED) is 0.903. The number of hydrogen-bond donors (Lipinski definition) is 1. The van der Waals surface area contributed by atoms with Gasteiger partial charge in [-0.3, -0.25) is 9.69 Å². The highest BCUT2D eigenvalue weighted by atomic mass is 19.1. The average molecular weight is 262 g/mol. The smallest absolute Gasteiger partial charge is 0.308 e. The summed E-state index contributed by atoms with van der Waals surface area (Å²) in [4.78, 5) is 13.0. The van der Waals surface area contributed by atoms with Crippen molar-refractivity contribution in [2.75, 3.05) is 13.1 Å². The number of nitrogens with zero attached hydrogens (tertiary/aromatic N) is 2.